The maximum Gasteiger partial charge on any atom is 0.210 e. The highest BCUT2D eigenvalue weighted by Gasteiger charge is 2.44. The fourth-order valence-electron chi connectivity index (χ4n) is 8.36. The number of hydrogen-bond acceptors (Lipinski definition) is 4. The van der Waals surface area contributed by atoms with Crippen molar-refractivity contribution in [1.82, 2.24) is 0 Å². The van der Waals surface area contributed by atoms with E-state index in [1.807, 2.05) is 6.07 Å². The van der Waals surface area contributed by atoms with Gasteiger partial charge < -0.3 is 19.5 Å². The smallest absolute Gasteiger partial charge is 0.210 e. The largest absolute Gasteiger partial charge is 0.497 e. The molecule has 0 fully saturated rings. The summed E-state index contributed by atoms with van der Waals surface area (Å²) in [7, 11) is 3.79. The predicted octanol–water partition coefficient (Wildman–Crippen LogP) is 9.44. The quantitative estimate of drug-likeness (QED) is 0.214. The molecule has 2 aliphatic heterocycles. The molecule has 3 aromatic rings. The predicted molar refractivity (Wildman–Crippen MR) is 212 cm³/mol. The number of ether oxygens (including phenoxy) is 2. The molecule has 0 bridgehead atoms. The molecule has 0 saturated carbocycles. The summed E-state index contributed by atoms with van der Waals surface area (Å²) in [6.45, 7) is 22.2. The molecular weight excluding hydrogens is 643 g/mol. The average molecular weight is 702 g/mol. The van der Waals surface area contributed by atoms with Crippen LogP contribution in [0.15, 0.2) is 108 Å². The zero-order chi connectivity index (χ0) is 37.6. The van der Waals surface area contributed by atoms with Crippen LogP contribution in [-0.2, 0) is 29.2 Å². The molecule has 52 heavy (non-hydrogen) atoms. The molecule has 3 heterocycles. The van der Waals surface area contributed by atoms with Crippen molar-refractivity contribution in [3.8, 4) is 5.75 Å². The second-order valence-electron chi connectivity index (χ2n) is 16.6. The van der Waals surface area contributed by atoms with Crippen molar-refractivity contribution < 1.29 is 23.7 Å². The lowest BCUT2D eigenvalue weighted by molar-refractivity contribution is -0.671. The van der Waals surface area contributed by atoms with Crippen LogP contribution in [0.3, 0.4) is 0 Å². The van der Waals surface area contributed by atoms with Crippen molar-refractivity contribution >= 4 is 17.1 Å². The van der Waals surface area contributed by atoms with Crippen LogP contribution in [0.25, 0.3) is 0 Å². The van der Waals surface area contributed by atoms with Gasteiger partial charge in [-0.2, -0.15) is 4.58 Å². The maximum absolute atomic E-state index is 9.92. The number of likely N-dealkylation sites (N-methyl/N-ethyl adjacent to an activating group) is 1. The summed E-state index contributed by atoms with van der Waals surface area (Å²) in [5, 5.41) is 9.92. The molecule has 274 valence electrons. The van der Waals surface area contributed by atoms with Gasteiger partial charge in [0, 0.05) is 64.2 Å². The summed E-state index contributed by atoms with van der Waals surface area (Å²) in [6, 6.07) is 17.2. The van der Waals surface area contributed by atoms with Crippen molar-refractivity contribution in [3.05, 3.63) is 130 Å². The van der Waals surface area contributed by atoms with E-state index < -0.39 is 0 Å². The number of fused-ring (bicyclic) bond motifs is 2. The van der Waals surface area contributed by atoms with E-state index in [0.29, 0.717) is 0 Å². The Labute approximate surface area is 312 Å². The van der Waals surface area contributed by atoms with Gasteiger partial charge >= 0.3 is 0 Å². The average Bonchev–Trinajstić information content (AvgIpc) is 3.67. The highest BCUT2D eigenvalue weighted by molar-refractivity contribution is 6.03. The van der Waals surface area contributed by atoms with Crippen molar-refractivity contribution in [2.75, 3.05) is 25.1 Å². The number of rotatable bonds is 10. The van der Waals surface area contributed by atoms with Crippen LogP contribution in [0.1, 0.15) is 104 Å². The number of aliphatic hydroxyl groups excluding tert-OH is 1. The molecule has 1 N–H and O–H groups in total. The molecular formula is C46H59N3O3+2. The van der Waals surface area contributed by atoms with Crippen LogP contribution in [0.2, 0.25) is 0 Å². The minimum atomic E-state index is -0.209. The van der Waals surface area contributed by atoms with Gasteiger partial charge in [0.15, 0.2) is 18.1 Å². The van der Waals surface area contributed by atoms with Crippen LogP contribution >= 0.6 is 0 Å². The van der Waals surface area contributed by atoms with Gasteiger partial charge in [-0.1, -0.05) is 52.8 Å². The lowest BCUT2D eigenvalue weighted by atomic mass is 9.81. The molecule has 1 aromatic heterocycles. The monoisotopic (exact) mass is 701 g/mol. The Morgan fingerprint density at radius 3 is 2.27 bits per heavy atom. The third kappa shape index (κ3) is 6.67. The number of nitrogens with zero attached hydrogens (tertiary/aromatic N) is 3. The molecule has 0 saturated heterocycles. The molecule has 6 heteroatoms. The molecule has 1 unspecified atom stereocenters. The SMILES string of the molecule is CCN1/C(=C/C=C2\CCC(/C=C/C3=[N+](CC)c4ccc(OC)cc4C3(C)C)=C2OC(c2cc[n+](C)cc2)C(C)(C)C)C(C)(C)c2cc(CO)ccc21. The van der Waals surface area contributed by atoms with Crippen molar-refractivity contribution in [3.63, 3.8) is 0 Å². The lowest BCUT2D eigenvalue weighted by Crippen LogP contribution is -2.28. The van der Waals surface area contributed by atoms with Crippen LogP contribution in [0, 0.1) is 5.41 Å². The number of aliphatic hydroxyl groups is 1. The van der Waals surface area contributed by atoms with Gasteiger partial charge in [0.1, 0.15) is 31.2 Å². The van der Waals surface area contributed by atoms with E-state index in [9.17, 15) is 5.11 Å². The fourth-order valence-corrected chi connectivity index (χ4v) is 8.36. The molecule has 6 rings (SSSR count). The topological polar surface area (TPSA) is 48.8 Å². The Morgan fingerprint density at radius 1 is 0.904 bits per heavy atom. The molecule has 0 amide bonds. The zero-order valence-electron chi connectivity index (χ0n) is 33.3. The number of benzene rings is 2. The summed E-state index contributed by atoms with van der Waals surface area (Å²) in [4.78, 5) is 2.42. The fraction of sp³-hybridized carbons (Fsp3) is 0.435. The first-order valence-corrected chi connectivity index (χ1v) is 19.0. The number of aryl methyl sites for hydroxylation is 1. The van der Waals surface area contributed by atoms with Crippen molar-refractivity contribution in [1.29, 1.82) is 0 Å². The van der Waals surface area contributed by atoms with Gasteiger partial charge in [-0.05, 0) is 93.2 Å². The third-order valence-electron chi connectivity index (χ3n) is 11.3. The molecule has 1 aliphatic carbocycles. The second-order valence-corrected chi connectivity index (χ2v) is 16.6. The van der Waals surface area contributed by atoms with Gasteiger partial charge in [-0.25, -0.2) is 4.57 Å². The van der Waals surface area contributed by atoms with Gasteiger partial charge in [0.25, 0.3) is 0 Å². The van der Waals surface area contributed by atoms with Crippen LogP contribution in [-0.4, -0.2) is 35.6 Å². The summed E-state index contributed by atoms with van der Waals surface area (Å²) in [5.41, 5.74) is 11.6. The van der Waals surface area contributed by atoms with Crippen LogP contribution in [0.5, 0.6) is 5.75 Å². The number of aromatic nitrogens is 1. The van der Waals surface area contributed by atoms with E-state index in [-0.39, 0.29) is 29.0 Å². The lowest BCUT2D eigenvalue weighted by Gasteiger charge is -2.32. The zero-order valence-corrected chi connectivity index (χ0v) is 33.3. The van der Waals surface area contributed by atoms with Crippen molar-refractivity contribution in [2.45, 2.75) is 98.7 Å². The number of allylic oxidation sites excluding steroid dienone is 7. The molecule has 0 radical (unpaired) electrons. The first kappa shape index (κ1) is 37.3. The normalized spacial score (nSPS) is 20.0. The third-order valence-corrected chi connectivity index (χ3v) is 11.3. The summed E-state index contributed by atoms with van der Waals surface area (Å²) >= 11 is 0. The van der Waals surface area contributed by atoms with E-state index in [1.54, 1.807) is 7.11 Å². The number of pyridine rings is 1. The highest BCUT2D eigenvalue weighted by atomic mass is 16.5. The maximum atomic E-state index is 9.92. The van der Waals surface area contributed by atoms with E-state index in [0.717, 1.165) is 43.0 Å². The Bertz CT molecular complexity index is 2000. The van der Waals surface area contributed by atoms with E-state index >= 15 is 0 Å². The number of anilines is 1. The van der Waals surface area contributed by atoms with Gasteiger partial charge in [-0.3, -0.25) is 0 Å². The van der Waals surface area contributed by atoms with Crippen molar-refractivity contribution in [2.24, 2.45) is 12.5 Å². The molecule has 3 aliphatic rings. The van der Waals surface area contributed by atoms with Crippen LogP contribution in [0.4, 0.5) is 11.4 Å². The second kappa shape index (κ2) is 14.2. The number of hydrogen-bond donors (Lipinski definition) is 1. The van der Waals surface area contributed by atoms with Gasteiger partial charge in [-0.15, -0.1) is 0 Å². The Hall–Kier alpha value is -4.42. The summed E-state index contributed by atoms with van der Waals surface area (Å²) < 4.78 is 17.4. The molecule has 1 atom stereocenters. The first-order chi connectivity index (χ1) is 24.6. The Kier molecular flexibility index (Phi) is 10.2. The Balaban J connectivity index is 1.46. The van der Waals surface area contributed by atoms with Gasteiger partial charge in [0.2, 0.25) is 5.69 Å². The van der Waals surface area contributed by atoms with Crippen LogP contribution < -0.4 is 14.2 Å². The molecule has 6 nitrogen and oxygen atoms in total. The number of methoxy groups -OCH3 is 1. The van der Waals surface area contributed by atoms with E-state index in [4.69, 9.17) is 9.47 Å². The minimum Gasteiger partial charge on any atom is -0.497 e. The van der Waals surface area contributed by atoms with E-state index in [1.165, 1.54) is 50.6 Å². The van der Waals surface area contributed by atoms with Gasteiger partial charge in [0.05, 0.1) is 19.1 Å². The summed E-state index contributed by atoms with van der Waals surface area (Å²) in [6.07, 6.45) is 15.2. The highest BCUT2D eigenvalue weighted by Crippen LogP contribution is 2.49. The molecule has 0 spiro atoms. The summed E-state index contributed by atoms with van der Waals surface area (Å²) in [5.74, 6) is 1.87. The minimum absolute atomic E-state index is 0.0433. The first-order valence-electron chi connectivity index (χ1n) is 19.0. The molecule has 2 aromatic carbocycles. The van der Waals surface area contributed by atoms with E-state index in [2.05, 4.69) is 163 Å². The standard InChI is InChI=1S/C46H59N3O3/c1-12-48-38-20-14-31(30-50)28-36(38)45(6,7)40(48)22-17-32-15-16-33(42(32)52-43(44(3,4)5)34-24-26-47(10)27-25-34)18-23-41-46(8,9)37-29-35(51-11)19-21-39(37)49(41)13-2/h14,17-29,43,50H,12-13,15-16,30H2,1-11H3/q+2. The Morgan fingerprint density at radius 2 is 1.63 bits per heavy atom.